The van der Waals surface area contributed by atoms with Crippen molar-refractivity contribution in [1.82, 2.24) is 5.32 Å². The molecule has 0 saturated heterocycles. The molecule has 3 rings (SSSR count). The molecule has 2 aromatic carbocycles. The van der Waals surface area contributed by atoms with Crippen LogP contribution >= 0.6 is 11.6 Å². The lowest BCUT2D eigenvalue weighted by atomic mass is 10.1. The van der Waals surface area contributed by atoms with Crippen molar-refractivity contribution in [2.24, 2.45) is 0 Å². The van der Waals surface area contributed by atoms with Gasteiger partial charge < -0.3 is 10.1 Å². The standard InChI is InChI=1S/C20H19ClN2O4/c1-12(20(26)22-10-15-5-3-4-6-16(15)21)23-17-9-14(13(2)24)7-8-18(17)27-11-19(23)25/h3-9,12H,10-11H2,1-2H3,(H,22,26). The van der Waals surface area contributed by atoms with E-state index in [4.69, 9.17) is 16.3 Å². The molecule has 6 nitrogen and oxygen atoms in total. The molecule has 27 heavy (non-hydrogen) atoms. The third-order valence-corrected chi connectivity index (χ3v) is 4.79. The normalized spacial score (nSPS) is 14.2. The van der Waals surface area contributed by atoms with Crippen molar-refractivity contribution in [3.63, 3.8) is 0 Å². The second-order valence-electron chi connectivity index (χ2n) is 6.28. The van der Waals surface area contributed by atoms with E-state index < -0.39 is 6.04 Å². The quantitative estimate of drug-likeness (QED) is 0.801. The Labute approximate surface area is 162 Å². The summed E-state index contributed by atoms with van der Waals surface area (Å²) in [5.41, 5.74) is 1.65. The first-order valence-electron chi connectivity index (χ1n) is 8.49. The van der Waals surface area contributed by atoms with Crippen LogP contribution in [0.3, 0.4) is 0 Å². The second kappa shape index (κ2) is 7.80. The second-order valence-corrected chi connectivity index (χ2v) is 6.68. The third-order valence-electron chi connectivity index (χ3n) is 4.42. The van der Waals surface area contributed by atoms with E-state index in [1.54, 1.807) is 31.2 Å². The summed E-state index contributed by atoms with van der Waals surface area (Å²) >= 11 is 6.11. The molecule has 1 unspecified atom stereocenters. The van der Waals surface area contributed by atoms with Crippen LogP contribution in [0.5, 0.6) is 5.75 Å². The van der Waals surface area contributed by atoms with Crippen molar-refractivity contribution in [2.45, 2.75) is 26.4 Å². The monoisotopic (exact) mass is 386 g/mol. The number of benzene rings is 2. The predicted molar refractivity (Wildman–Crippen MR) is 102 cm³/mol. The maximum atomic E-state index is 12.6. The summed E-state index contributed by atoms with van der Waals surface area (Å²) in [6.07, 6.45) is 0. The van der Waals surface area contributed by atoms with Gasteiger partial charge in [-0.15, -0.1) is 0 Å². The van der Waals surface area contributed by atoms with E-state index >= 15 is 0 Å². The van der Waals surface area contributed by atoms with E-state index in [0.29, 0.717) is 22.0 Å². The van der Waals surface area contributed by atoms with Crippen LogP contribution in [-0.4, -0.2) is 30.2 Å². The summed E-state index contributed by atoms with van der Waals surface area (Å²) in [4.78, 5) is 38.1. The minimum atomic E-state index is -0.773. The Balaban J connectivity index is 1.81. The van der Waals surface area contributed by atoms with E-state index in [1.807, 2.05) is 18.2 Å². The van der Waals surface area contributed by atoms with Gasteiger partial charge in [0.2, 0.25) is 5.91 Å². The van der Waals surface area contributed by atoms with E-state index in [2.05, 4.69) is 5.32 Å². The number of hydrogen-bond donors (Lipinski definition) is 1. The molecule has 1 aliphatic heterocycles. The minimum absolute atomic E-state index is 0.133. The van der Waals surface area contributed by atoms with Gasteiger partial charge in [-0.1, -0.05) is 29.8 Å². The molecule has 1 N–H and O–H groups in total. The highest BCUT2D eigenvalue weighted by Gasteiger charge is 2.33. The molecule has 1 aliphatic rings. The van der Waals surface area contributed by atoms with Crippen LogP contribution in [0.1, 0.15) is 29.8 Å². The summed E-state index contributed by atoms with van der Waals surface area (Å²) in [5, 5.41) is 3.36. The van der Waals surface area contributed by atoms with Crippen LogP contribution < -0.4 is 15.0 Å². The number of nitrogens with one attached hydrogen (secondary N) is 1. The fraction of sp³-hybridized carbons (Fsp3) is 0.250. The molecule has 1 heterocycles. The number of carbonyl (C=O) groups excluding carboxylic acids is 3. The summed E-state index contributed by atoms with van der Waals surface area (Å²) < 4.78 is 5.42. The van der Waals surface area contributed by atoms with Crippen LogP contribution in [0.15, 0.2) is 42.5 Å². The zero-order valence-corrected chi connectivity index (χ0v) is 15.7. The molecular weight excluding hydrogens is 368 g/mol. The van der Waals surface area contributed by atoms with E-state index in [1.165, 1.54) is 11.8 Å². The number of hydrogen-bond acceptors (Lipinski definition) is 4. The third kappa shape index (κ3) is 3.95. The minimum Gasteiger partial charge on any atom is -0.482 e. The molecule has 0 aromatic heterocycles. The van der Waals surface area contributed by atoms with Gasteiger partial charge in [-0.2, -0.15) is 0 Å². The number of rotatable bonds is 5. The van der Waals surface area contributed by atoms with E-state index in [9.17, 15) is 14.4 Å². The van der Waals surface area contributed by atoms with Gasteiger partial charge in [0, 0.05) is 17.1 Å². The molecule has 0 aliphatic carbocycles. The van der Waals surface area contributed by atoms with Gasteiger partial charge in [-0.25, -0.2) is 0 Å². The topological polar surface area (TPSA) is 75.7 Å². The molecule has 2 aromatic rings. The molecule has 0 fully saturated rings. The van der Waals surface area contributed by atoms with E-state index in [-0.39, 0.29) is 30.7 Å². The Morgan fingerprint density at radius 3 is 2.70 bits per heavy atom. The molecular formula is C20H19ClN2O4. The molecule has 7 heteroatoms. The molecule has 2 amide bonds. The maximum Gasteiger partial charge on any atom is 0.265 e. The molecule has 0 bridgehead atoms. The largest absolute Gasteiger partial charge is 0.482 e. The van der Waals surface area contributed by atoms with Crippen molar-refractivity contribution in [1.29, 1.82) is 0 Å². The van der Waals surface area contributed by atoms with Crippen LogP contribution in [0.2, 0.25) is 5.02 Å². The SMILES string of the molecule is CC(=O)c1ccc2c(c1)N(C(C)C(=O)NCc1ccccc1Cl)C(=O)CO2. The van der Waals surface area contributed by atoms with Crippen LogP contribution in [-0.2, 0) is 16.1 Å². The highest BCUT2D eigenvalue weighted by molar-refractivity contribution is 6.31. The number of amides is 2. The molecule has 0 spiro atoms. The zero-order valence-electron chi connectivity index (χ0n) is 15.0. The Hall–Kier alpha value is -2.86. The fourth-order valence-electron chi connectivity index (χ4n) is 2.90. The Morgan fingerprint density at radius 1 is 1.26 bits per heavy atom. The van der Waals surface area contributed by atoms with Gasteiger partial charge in [-0.3, -0.25) is 19.3 Å². The molecule has 140 valence electrons. The molecule has 0 saturated carbocycles. The average Bonchev–Trinajstić information content (AvgIpc) is 2.66. The number of halogens is 1. The summed E-state index contributed by atoms with van der Waals surface area (Å²) in [6.45, 7) is 3.17. The van der Waals surface area contributed by atoms with Gasteiger partial charge in [0.15, 0.2) is 12.4 Å². The first kappa shape index (κ1) is 18.9. The van der Waals surface area contributed by atoms with E-state index in [0.717, 1.165) is 5.56 Å². The zero-order chi connectivity index (χ0) is 19.6. The van der Waals surface area contributed by atoms with Crippen LogP contribution in [0, 0.1) is 0 Å². The first-order chi connectivity index (χ1) is 12.9. The van der Waals surface area contributed by atoms with Crippen molar-refractivity contribution < 1.29 is 19.1 Å². The Bertz CT molecular complexity index is 913. The number of anilines is 1. The van der Waals surface area contributed by atoms with Crippen molar-refractivity contribution in [3.8, 4) is 5.75 Å². The lowest BCUT2D eigenvalue weighted by Crippen LogP contribution is -2.51. The van der Waals surface area contributed by atoms with Crippen LogP contribution in [0.4, 0.5) is 5.69 Å². The Morgan fingerprint density at radius 2 is 2.00 bits per heavy atom. The number of nitrogens with zero attached hydrogens (tertiary/aromatic N) is 1. The number of Topliss-reactive ketones (excluding diaryl/α,β-unsaturated/α-hetero) is 1. The molecule has 0 radical (unpaired) electrons. The number of ketones is 1. The summed E-state index contributed by atoms with van der Waals surface area (Å²) in [7, 11) is 0. The number of carbonyl (C=O) groups is 3. The van der Waals surface area contributed by atoms with Gasteiger partial charge in [0.05, 0.1) is 5.69 Å². The van der Waals surface area contributed by atoms with Crippen molar-refractivity contribution >= 4 is 34.9 Å². The number of ether oxygens (including phenoxy) is 1. The first-order valence-corrected chi connectivity index (χ1v) is 8.87. The van der Waals surface area contributed by atoms with Gasteiger partial charge in [0.25, 0.3) is 5.91 Å². The van der Waals surface area contributed by atoms with Gasteiger partial charge in [-0.05, 0) is 43.7 Å². The lowest BCUT2D eigenvalue weighted by molar-refractivity contribution is -0.127. The maximum absolute atomic E-state index is 12.6. The Kier molecular flexibility index (Phi) is 5.46. The fourth-order valence-corrected chi connectivity index (χ4v) is 3.11. The highest BCUT2D eigenvalue weighted by Crippen LogP contribution is 2.34. The lowest BCUT2D eigenvalue weighted by Gasteiger charge is -2.33. The van der Waals surface area contributed by atoms with Crippen molar-refractivity contribution in [2.75, 3.05) is 11.5 Å². The van der Waals surface area contributed by atoms with Crippen molar-refractivity contribution in [3.05, 3.63) is 58.6 Å². The highest BCUT2D eigenvalue weighted by atomic mass is 35.5. The summed E-state index contributed by atoms with van der Waals surface area (Å²) in [6, 6.07) is 11.3. The van der Waals surface area contributed by atoms with Gasteiger partial charge >= 0.3 is 0 Å². The predicted octanol–water partition coefficient (Wildman–Crippen LogP) is 2.97. The van der Waals surface area contributed by atoms with Gasteiger partial charge in [0.1, 0.15) is 11.8 Å². The molecule has 1 atom stereocenters. The average molecular weight is 387 g/mol. The summed E-state index contributed by atoms with van der Waals surface area (Å²) in [5.74, 6) is -0.343. The number of fused-ring (bicyclic) bond motifs is 1. The smallest absolute Gasteiger partial charge is 0.265 e. The van der Waals surface area contributed by atoms with Crippen LogP contribution in [0.25, 0.3) is 0 Å².